The van der Waals surface area contributed by atoms with Crippen molar-refractivity contribution in [3.8, 4) is 12.3 Å². The maximum Gasteiger partial charge on any atom is 0.405 e. The fraction of sp³-hybridized carbons (Fsp3) is 0.625. The molecular weight excluding hydrogens is 196 g/mol. The number of thioether (sulfide) groups is 1. The van der Waals surface area contributed by atoms with E-state index < -0.39 is 11.0 Å². The van der Waals surface area contributed by atoms with Gasteiger partial charge in [0.2, 0.25) is 0 Å². The van der Waals surface area contributed by atoms with E-state index in [-0.39, 0.29) is 0 Å². The number of carbonyl (C=O) groups is 1. The largest absolute Gasteiger partial charge is 0.434 e. The highest BCUT2D eigenvalue weighted by Crippen LogP contribution is 2.30. The van der Waals surface area contributed by atoms with Gasteiger partial charge in [0, 0.05) is 24.4 Å². The third-order valence-corrected chi connectivity index (χ3v) is 2.90. The first kappa shape index (κ1) is 9.76. The maximum atomic E-state index is 10.5. The van der Waals surface area contributed by atoms with E-state index in [1.165, 1.54) is 0 Å². The van der Waals surface area contributed by atoms with Crippen LogP contribution in [0.25, 0.3) is 0 Å². The number of terminal acetylenes is 1. The number of carbonyl (C=O) groups excluding carboxylic acids is 1. The second-order valence-electron chi connectivity index (χ2n) is 2.59. The van der Waals surface area contributed by atoms with Gasteiger partial charge in [-0.3, -0.25) is 0 Å². The first-order valence-electron chi connectivity index (χ1n) is 3.62. The average Bonchev–Trinajstić information content (AvgIpc) is 2.05. The van der Waals surface area contributed by atoms with Crippen LogP contribution < -0.4 is 0 Å². The Hall–Kier alpha value is -0.330. The van der Waals surface area contributed by atoms with Gasteiger partial charge in [0.15, 0.2) is 5.60 Å². The molecule has 0 amide bonds. The van der Waals surface area contributed by atoms with Crippen LogP contribution in [0.5, 0.6) is 0 Å². The van der Waals surface area contributed by atoms with Crippen LogP contribution in [0.1, 0.15) is 12.8 Å². The molecule has 0 bridgehead atoms. The van der Waals surface area contributed by atoms with E-state index in [4.69, 9.17) is 22.8 Å². The van der Waals surface area contributed by atoms with Gasteiger partial charge in [0.1, 0.15) is 0 Å². The zero-order valence-electron chi connectivity index (χ0n) is 6.51. The lowest BCUT2D eigenvalue weighted by Gasteiger charge is -2.30. The molecule has 1 heterocycles. The Morgan fingerprint density at radius 2 is 2.17 bits per heavy atom. The van der Waals surface area contributed by atoms with Crippen molar-refractivity contribution in [3.63, 3.8) is 0 Å². The molecule has 0 aromatic rings. The quantitative estimate of drug-likeness (QED) is 0.484. The van der Waals surface area contributed by atoms with Crippen LogP contribution in [-0.2, 0) is 4.74 Å². The van der Waals surface area contributed by atoms with Crippen LogP contribution in [0.15, 0.2) is 0 Å². The summed E-state index contributed by atoms with van der Waals surface area (Å²) in [5.74, 6) is 4.36. The van der Waals surface area contributed by atoms with Gasteiger partial charge in [-0.15, -0.1) is 6.42 Å². The molecule has 0 saturated carbocycles. The van der Waals surface area contributed by atoms with Crippen LogP contribution in [-0.4, -0.2) is 22.5 Å². The van der Waals surface area contributed by atoms with E-state index in [1.54, 1.807) is 0 Å². The maximum absolute atomic E-state index is 10.5. The third kappa shape index (κ3) is 2.33. The van der Waals surface area contributed by atoms with Crippen LogP contribution in [0, 0.1) is 12.3 Å². The predicted molar refractivity (Wildman–Crippen MR) is 50.5 cm³/mol. The molecule has 0 aromatic carbocycles. The highest BCUT2D eigenvalue weighted by molar-refractivity contribution is 7.99. The molecule has 1 aliphatic heterocycles. The number of hydrogen-bond donors (Lipinski definition) is 0. The van der Waals surface area contributed by atoms with Gasteiger partial charge >= 0.3 is 5.43 Å². The summed E-state index contributed by atoms with van der Waals surface area (Å²) in [6.07, 6.45) is 6.69. The number of hydrogen-bond acceptors (Lipinski definition) is 3. The van der Waals surface area contributed by atoms with Gasteiger partial charge in [-0.1, -0.05) is 5.92 Å². The van der Waals surface area contributed by atoms with E-state index >= 15 is 0 Å². The molecule has 1 fully saturated rings. The van der Waals surface area contributed by atoms with E-state index in [0.717, 1.165) is 11.5 Å². The molecule has 0 unspecified atom stereocenters. The summed E-state index contributed by atoms with van der Waals surface area (Å²) < 4.78 is 4.91. The van der Waals surface area contributed by atoms with Crippen LogP contribution in [0.3, 0.4) is 0 Å². The molecule has 1 rings (SSSR count). The van der Waals surface area contributed by atoms with Crippen molar-refractivity contribution in [1.29, 1.82) is 0 Å². The standard InChI is InChI=1S/C8H9ClO2S/c1-2-8(11-7(9)10)3-5-12-6-4-8/h1H,3-6H2. The summed E-state index contributed by atoms with van der Waals surface area (Å²) in [4.78, 5) is 10.5. The third-order valence-electron chi connectivity index (χ3n) is 1.84. The van der Waals surface area contributed by atoms with E-state index in [0.29, 0.717) is 12.8 Å². The summed E-state index contributed by atoms with van der Waals surface area (Å²) in [7, 11) is 0. The first-order chi connectivity index (χ1) is 5.68. The molecule has 0 aliphatic carbocycles. The monoisotopic (exact) mass is 204 g/mol. The van der Waals surface area contributed by atoms with Gasteiger partial charge in [-0.2, -0.15) is 11.8 Å². The van der Waals surface area contributed by atoms with Crippen molar-refractivity contribution >= 4 is 28.8 Å². The molecule has 4 heteroatoms. The molecule has 0 aromatic heterocycles. The number of ether oxygens (including phenoxy) is 1. The molecule has 0 spiro atoms. The van der Waals surface area contributed by atoms with Gasteiger partial charge in [-0.25, -0.2) is 4.79 Å². The Bertz CT molecular complexity index is 216. The minimum atomic E-state index is -0.806. The Kier molecular flexibility index (Phi) is 3.30. The molecule has 1 saturated heterocycles. The summed E-state index contributed by atoms with van der Waals surface area (Å²) in [5.41, 5.74) is -1.54. The lowest BCUT2D eigenvalue weighted by Crippen LogP contribution is -2.35. The lowest BCUT2D eigenvalue weighted by atomic mass is 9.98. The Morgan fingerprint density at radius 3 is 2.58 bits per heavy atom. The van der Waals surface area contributed by atoms with E-state index in [2.05, 4.69) is 5.92 Å². The lowest BCUT2D eigenvalue weighted by molar-refractivity contribution is 0.0669. The Balaban J connectivity index is 2.61. The Morgan fingerprint density at radius 1 is 1.58 bits per heavy atom. The van der Waals surface area contributed by atoms with Crippen LogP contribution in [0.4, 0.5) is 4.79 Å². The fourth-order valence-electron chi connectivity index (χ4n) is 1.13. The zero-order chi connectivity index (χ0) is 9.03. The summed E-state index contributed by atoms with van der Waals surface area (Å²) in [6.45, 7) is 0. The van der Waals surface area contributed by atoms with Gasteiger partial charge < -0.3 is 4.74 Å². The smallest absolute Gasteiger partial charge is 0.405 e. The topological polar surface area (TPSA) is 26.3 Å². The second-order valence-corrected chi connectivity index (χ2v) is 4.12. The predicted octanol–water partition coefficient (Wildman–Crippen LogP) is 2.26. The van der Waals surface area contributed by atoms with Gasteiger partial charge in [-0.05, 0) is 11.5 Å². The van der Waals surface area contributed by atoms with Crippen molar-refractivity contribution in [2.45, 2.75) is 18.4 Å². The number of halogens is 1. The minimum Gasteiger partial charge on any atom is -0.434 e. The van der Waals surface area contributed by atoms with E-state index in [9.17, 15) is 4.79 Å². The summed E-state index contributed by atoms with van der Waals surface area (Å²) in [5, 5.41) is 0. The molecule has 0 N–H and O–H groups in total. The first-order valence-corrected chi connectivity index (χ1v) is 5.16. The molecule has 0 radical (unpaired) electrons. The second kappa shape index (κ2) is 4.06. The SMILES string of the molecule is C#CC1(OC(=O)Cl)CCSCC1. The fourth-order valence-corrected chi connectivity index (χ4v) is 2.43. The van der Waals surface area contributed by atoms with Gasteiger partial charge in [0.25, 0.3) is 0 Å². The molecule has 66 valence electrons. The number of rotatable bonds is 1. The van der Waals surface area contributed by atoms with Crippen LogP contribution >= 0.6 is 23.4 Å². The Labute approximate surface area is 81.0 Å². The molecule has 1 aliphatic rings. The van der Waals surface area contributed by atoms with Crippen molar-refractivity contribution in [3.05, 3.63) is 0 Å². The van der Waals surface area contributed by atoms with Crippen molar-refractivity contribution in [2.24, 2.45) is 0 Å². The molecule has 2 nitrogen and oxygen atoms in total. The molecule has 12 heavy (non-hydrogen) atoms. The van der Waals surface area contributed by atoms with Gasteiger partial charge in [0.05, 0.1) is 0 Å². The normalized spacial score (nSPS) is 21.0. The average molecular weight is 205 g/mol. The summed E-state index contributed by atoms with van der Waals surface area (Å²) in [6, 6.07) is 0. The van der Waals surface area contributed by atoms with Crippen LogP contribution in [0.2, 0.25) is 0 Å². The van der Waals surface area contributed by atoms with Crippen molar-refractivity contribution < 1.29 is 9.53 Å². The van der Waals surface area contributed by atoms with E-state index in [1.807, 2.05) is 11.8 Å². The highest BCUT2D eigenvalue weighted by Gasteiger charge is 2.33. The molecule has 0 atom stereocenters. The zero-order valence-corrected chi connectivity index (χ0v) is 8.08. The highest BCUT2D eigenvalue weighted by atomic mass is 35.5. The molecular formula is C8H9ClO2S. The van der Waals surface area contributed by atoms with Crippen molar-refractivity contribution in [1.82, 2.24) is 0 Å². The minimum absolute atomic E-state index is 0.701. The summed E-state index contributed by atoms with van der Waals surface area (Å²) >= 11 is 6.93. The van der Waals surface area contributed by atoms with Crippen molar-refractivity contribution in [2.75, 3.05) is 11.5 Å².